The zero-order valence-electron chi connectivity index (χ0n) is 16.5. The molecule has 10 heteroatoms. The molecule has 156 valence electrons. The van der Waals surface area contributed by atoms with Crippen molar-refractivity contribution in [2.45, 2.75) is 25.1 Å². The number of carbonyl (C=O) groups excluding carboxylic acids is 1. The van der Waals surface area contributed by atoms with Crippen molar-refractivity contribution in [2.75, 3.05) is 39.5 Å². The highest BCUT2D eigenvalue weighted by atomic mass is 32.2. The number of carboxylic acids is 1. The first kappa shape index (κ1) is 22.1. The van der Waals surface area contributed by atoms with Crippen molar-refractivity contribution in [3.8, 4) is 5.88 Å². The van der Waals surface area contributed by atoms with Gasteiger partial charge in [-0.3, -0.25) is 9.59 Å². The van der Waals surface area contributed by atoms with Crippen LogP contribution in [0, 0.1) is 5.92 Å². The average Bonchev–Trinajstić information content (AvgIpc) is 3.14. The number of aliphatic carboxylic acids is 1. The summed E-state index contributed by atoms with van der Waals surface area (Å²) in [5.41, 5.74) is 0.387. The number of nitrogens with zero attached hydrogens (tertiary/aromatic N) is 3. The maximum absolute atomic E-state index is 12.9. The second-order valence-corrected chi connectivity index (χ2v) is 9.35. The number of aromatic nitrogens is 1. The zero-order chi connectivity index (χ0) is 21.1. The summed E-state index contributed by atoms with van der Waals surface area (Å²) < 4.78 is 30.3. The number of rotatable bonds is 4. The quantitative estimate of drug-likeness (QED) is 0.752. The topological polar surface area (TPSA) is 117 Å². The predicted molar refractivity (Wildman–Crippen MR) is 103 cm³/mol. The van der Waals surface area contributed by atoms with Gasteiger partial charge in [-0.1, -0.05) is 0 Å². The third-order valence-electron chi connectivity index (χ3n) is 4.90. The van der Waals surface area contributed by atoms with Crippen molar-refractivity contribution in [1.29, 1.82) is 0 Å². The molecule has 9 nitrogen and oxygen atoms in total. The number of hydrogen-bond acceptors (Lipinski definition) is 7. The van der Waals surface area contributed by atoms with E-state index in [9.17, 15) is 13.2 Å². The molecule has 1 aromatic heterocycles. The smallest absolute Gasteiger partial charge is 0.300 e. The molecule has 1 amide bonds. The highest BCUT2D eigenvalue weighted by Gasteiger charge is 2.53. The van der Waals surface area contributed by atoms with Gasteiger partial charge >= 0.3 is 0 Å². The van der Waals surface area contributed by atoms with Gasteiger partial charge in [0.2, 0.25) is 5.88 Å². The van der Waals surface area contributed by atoms with E-state index in [0.717, 1.165) is 6.92 Å². The lowest BCUT2D eigenvalue weighted by Gasteiger charge is -2.25. The fourth-order valence-electron chi connectivity index (χ4n) is 3.71. The maximum atomic E-state index is 12.9. The number of hydrogen-bond donors (Lipinski definition) is 1. The summed E-state index contributed by atoms with van der Waals surface area (Å²) >= 11 is 0. The molecule has 0 bridgehead atoms. The summed E-state index contributed by atoms with van der Waals surface area (Å²) in [6.07, 6.45) is 1.58. The first-order valence-corrected chi connectivity index (χ1v) is 10.7. The largest absolute Gasteiger partial charge is 0.481 e. The molecule has 28 heavy (non-hydrogen) atoms. The van der Waals surface area contributed by atoms with Gasteiger partial charge in [0.25, 0.3) is 11.9 Å². The minimum atomic E-state index is -3.17. The molecule has 0 radical (unpaired) electrons. The zero-order valence-corrected chi connectivity index (χ0v) is 17.3. The molecular weight excluding hydrogens is 386 g/mol. The molecule has 2 aliphatic heterocycles. The molecule has 3 heterocycles. The average molecular weight is 413 g/mol. The molecule has 3 rings (SSSR count). The fourth-order valence-corrected chi connectivity index (χ4v) is 6.18. The van der Waals surface area contributed by atoms with E-state index in [2.05, 4.69) is 4.98 Å². The number of carbonyl (C=O) groups is 2. The molecule has 1 aromatic rings. The van der Waals surface area contributed by atoms with Crippen LogP contribution in [0.5, 0.6) is 5.88 Å². The Hall–Kier alpha value is -2.20. The summed E-state index contributed by atoms with van der Waals surface area (Å²) in [4.78, 5) is 29.5. The number of fused-ring (bicyclic) bond motifs is 1. The van der Waals surface area contributed by atoms with Gasteiger partial charge in [-0.05, 0) is 33.2 Å². The third-order valence-corrected chi connectivity index (χ3v) is 7.13. The van der Waals surface area contributed by atoms with Gasteiger partial charge in [-0.25, -0.2) is 13.4 Å². The molecule has 2 aliphatic rings. The Balaban J connectivity index is 0.000000640. The van der Waals surface area contributed by atoms with Crippen LogP contribution in [0.2, 0.25) is 0 Å². The van der Waals surface area contributed by atoms with E-state index in [0.29, 0.717) is 24.6 Å². The van der Waals surface area contributed by atoms with Crippen molar-refractivity contribution < 1.29 is 27.9 Å². The summed E-state index contributed by atoms with van der Waals surface area (Å²) in [7, 11) is 0.611. The summed E-state index contributed by atoms with van der Waals surface area (Å²) in [6, 6.07) is 3.32. The third kappa shape index (κ3) is 4.79. The van der Waals surface area contributed by atoms with E-state index < -0.39 is 21.1 Å². The lowest BCUT2D eigenvalue weighted by molar-refractivity contribution is -0.134. The van der Waals surface area contributed by atoms with E-state index in [4.69, 9.17) is 14.6 Å². The Morgan fingerprint density at radius 2 is 2.00 bits per heavy atom. The fraction of sp³-hybridized carbons (Fsp3) is 0.611. The molecule has 3 atom stereocenters. The lowest BCUT2D eigenvalue weighted by Crippen LogP contribution is -2.38. The second-order valence-electron chi connectivity index (χ2n) is 7.08. The summed E-state index contributed by atoms with van der Waals surface area (Å²) in [5.74, 6) is -0.613. The van der Waals surface area contributed by atoms with Crippen LogP contribution in [0.1, 0.15) is 24.2 Å². The van der Waals surface area contributed by atoms with Crippen molar-refractivity contribution in [3.05, 3.63) is 23.9 Å². The van der Waals surface area contributed by atoms with Crippen LogP contribution in [0.25, 0.3) is 0 Å². The van der Waals surface area contributed by atoms with Crippen LogP contribution < -0.4 is 4.74 Å². The summed E-state index contributed by atoms with van der Waals surface area (Å²) in [5, 5.41) is 6.95. The van der Waals surface area contributed by atoms with Gasteiger partial charge < -0.3 is 19.6 Å². The van der Waals surface area contributed by atoms with Crippen molar-refractivity contribution >= 4 is 21.7 Å². The van der Waals surface area contributed by atoms with Gasteiger partial charge in [0, 0.05) is 38.2 Å². The number of amides is 1. The van der Waals surface area contributed by atoms with E-state index in [1.165, 1.54) is 0 Å². The molecule has 0 spiro atoms. The van der Waals surface area contributed by atoms with E-state index in [-0.39, 0.29) is 30.2 Å². The van der Waals surface area contributed by atoms with Crippen molar-refractivity contribution in [1.82, 2.24) is 14.8 Å². The normalized spacial score (nSPS) is 25.0. The molecule has 0 unspecified atom stereocenters. The second kappa shape index (κ2) is 8.87. The van der Waals surface area contributed by atoms with Crippen molar-refractivity contribution in [3.63, 3.8) is 0 Å². The van der Waals surface area contributed by atoms with E-state index in [1.54, 1.807) is 23.2 Å². The Labute approximate surface area is 165 Å². The van der Waals surface area contributed by atoms with Crippen LogP contribution in [0.4, 0.5) is 0 Å². The SMILES string of the molecule is CC(=O)O.CCOc1ncccc1C(=O)N1C[C@H]2[C@H](N(C)C)CS(=O)(=O)[C@H]2C1. The minimum Gasteiger partial charge on any atom is -0.481 e. The monoisotopic (exact) mass is 413 g/mol. The van der Waals surface area contributed by atoms with Gasteiger partial charge in [0.05, 0.1) is 17.6 Å². The number of likely N-dealkylation sites (tertiary alicyclic amines) is 1. The first-order chi connectivity index (χ1) is 13.1. The Morgan fingerprint density at radius 3 is 2.57 bits per heavy atom. The highest BCUT2D eigenvalue weighted by molar-refractivity contribution is 7.92. The van der Waals surface area contributed by atoms with E-state index in [1.807, 2.05) is 25.9 Å². The molecule has 0 aromatic carbocycles. The van der Waals surface area contributed by atoms with Crippen LogP contribution in [-0.4, -0.2) is 91.0 Å². The molecular formula is C18H27N3O6S. The van der Waals surface area contributed by atoms with E-state index >= 15 is 0 Å². The van der Waals surface area contributed by atoms with Gasteiger partial charge in [-0.15, -0.1) is 0 Å². The van der Waals surface area contributed by atoms with Crippen molar-refractivity contribution in [2.24, 2.45) is 5.92 Å². The molecule has 0 aliphatic carbocycles. The number of carboxylic acid groups (broad SMARTS) is 1. The molecule has 2 saturated heterocycles. The Kier molecular flexibility index (Phi) is 7.00. The lowest BCUT2D eigenvalue weighted by atomic mass is 10.00. The molecule has 0 saturated carbocycles. The molecule has 2 fully saturated rings. The standard InChI is InChI=1S/C16H23N3O4S.C2H4O2/c1-4-23-15-11(6-5-7-17-15)16(20)19-8-12-13(18(2)3)10-24(21,22)14(12)9-19;1-2(3)4/h5-7,12-14H,4,8-10H2,1-3H3;1H3,(H,3,4)/t12-,13+,14-;/m0./s1. The Bertz CT molecular complexity index is 822. The van der Waals surface area contributed by atoms with Crippen LogP contribution in [0.3, 0.4) is 0 Å². The van der Waals surface area contributed by atoms with Crippen LogP contribution in [-0.2, 0) is 14.6 Å². The van der Waals surface area contributed by atoms with Crippen LogP contribution in [0.15, 0.2) is 18.3 Å². The predicted octanol–water partition coefficient (Wildman–Crippen LogP) is 0.370. The minimum absolute atomic E-state index is 0.0406. The van der Waals surface area contributed by atoms with Gasteiger partial charge in [-0.2, -0.15) is 0 Å². The first-order valence-electron chi connectivity index (χ1n) is 9.03. The summed E-state index contributed by atoms with van der Waals surface area (Å²) in [6.45, 7) is 4.03. The Morgan fingerprint density at radius 1 is 1.36 bits per heavy atom. The van der Waals surface area contributed by atoms with Crippen LogP contribution >= 0.6 is 0 Å². The molecule has 1 N–H and O–H groups in total. The highest BCUT2D eigenvalue weighted by Crippen LogP contribution is 2.36. The van der Waals surface area contributed by atoms with Gasteiger partial charge in [0.15, 0.2) is 9.84 Å². The number of sulfone groups is 1. The van der Waals surface area contributed by atoms with Gasteiger partial charge in [0.1, 0.15) is 5.56 Å². The number of pyridine rings is 1. The maximum Gasteiger partial charge on any atom is 0.300 e. The number of ether oxygens (including phenoxy) is 1.